The van der Waals surface area contributed by atoms with Gasteiger partial charge in [-0.3, -0.25) is 0 Å². The van der Waals surface area contributed by atoms with Crippen LogP contribution < -0.4 is 9.47 Å². The third-order valence-electron chi connectivity index (χ3n) is 4.60. The van der Waals surface area contributed by atoms with E-state index in [-0.39, 0.29) is 39.6 Å². The van der Waals surface area contributed by atoms with E-state index in [0.717, 1.165) is 24.3 Å². The molecule has 3 aromatic rings. The normalized spacial score (nSPS) is 11.7. The summed E-state index contributed by atoms with van der Waals surface area (Å²) in [6, 6.07) is 13.9. The Balaban J connectivity index is 1.78. The van der Waals surface area contributed by atoms with Gasteiger partial charge in [-0.25, -0.2) is 4.79 Å². The van der Waals surface area contributed by atoms with Crippen LogP contribution in [0.15, 0.2) is 65.8 Å². The van der Waals surface area contributed by atoms with E-state index in [2.05, 4.69) is 5.16 Å². The number of carbonyl (C=O) groups is 1. The topological polar surface area (TPSA) is 66.4 Å². The Morgan fingerprint density at radius 1 is 0.943 bits per heavy atom. The molecular formula is C24H18Cl2F3NO5. The molecule has 0 radical (unpaired) electrons. The maximum Gasteiger partial charge on any atom is 0.416 e. The predicted octanol–water partition coefficient (Wildman–Crippen LogP) is 6.91. The molecule has 0 bridgehead atoms. The number of carbonyl (C=O) groups excluding carboxylic acids is 1. The van der Waals surface area contributed by atoms with E-state index in [1.165, 1.54) is 26.4 Å². The average molecular weight is 528 g/mol. The predicted molar refractivity (Wildman–Crippen MR) is 124 cm³/mol. The monoisotopic (exact) mass is 527 g/mol. The Labute approximate surface area is 208 Å². The molecule has 0 fully saturated rings. The minimum Gasteiger partial charge on any atom is -0.489 e. The molecule has 0 amide bonds. The number of rotatable bonds is 8. The standard InChI is InChI=1S/C24H18Cl2F3NO5/c1-32-23(31)21(30-33-2)18-6-4-3-5-14(18)13-34-17-11-19(25)22(20(26)12-17)35-16-9-7-15(8-10-16)24(27,28)29/h3-12H,13H2,1-2H3. The van der Waals surface area contributed by atoms with Gasteiger partial charge in [0.2, 0.25) is 0 Å². The summed E-state index contributed by atoms with van der Waals surface area (Å²) >= 11 is 12.6. The highest BCUT2D eigenvalue weighted by Gasteiger charge is 2.30. The van der Waals surface area contributed by atoms with Crippen LogP contribution in [-0.4, -0.2) is 25.9 Å². The fourth-order valence-corrected chi connectivity index (χ4v) is 3.51. The summed E-state index contributed by atoms with van der Waals surface area (Å²) in [6.45, 7) is 0.0155. The summed E-state index contributed by atoms with van der Waals surface area (Å²) in [5, 5.41) is 3.91. The van der Waals surface area contributed by atoms with E-state index in [4.69, 9.17) is 42.3 Å². The summed E-state index contributed by atoms with van der Waals surface area (Å²) in [5.41, 5.74) is 0.203. The van der Waals surface area contributed by atoms with Gasteiger partial charge in [-0.05, 0) is 29.8 Å². The number of ether oxygens (including phenoxy) is 3. The van der Waals surface area contributed by atoms with Crippen molar-refractivity contribution in [1.29, 1.82) is 0 Å². The number of esters is 1. The van der Waals surface area contributed by atoms with Crippen molar-refractivity contribution in [3.8, 4) is 17.2 Å². The molecule has 184 valence electrons. The van der Waals surface area contributed by atoms with Gasteiger partial charge >= 0.3 is 12.1 Å². The van der Waals surface area contributed by atoms with Gasteiger partial charge in [0, 0.05) is 17.7 Å². The van der Waals surface area contributed by atoms with E-state index < -0.39 is 17.7 Å². The van der Waals surface area contributed by atoms with Crippen molar-refractivity contribution in [3.63, 3.8) is 0 Å². The van der Waals surface area contributed by atoms with E-state index in [1.807, 2.05) is 0 Å². The number of methoxy groups -OCH3 is 1. The Kier molecular flexibility index (Phi) is 8.48. The second-order valence-corrected chi connectivity index (χ2v) is 7.71. The lowest BCUT2D eigenvalue weighted by Gasteiger charge is -2.14. The molecule has 0 spiro atoms. The first-order valence-corrected chi connectivity index (χ1v) is 10.6. The van der Waals surface area contributed by atoms with Crippen LogP contribution in [0.2, 0.25) is 10.0 Å². The van der Waals surface area contributed by atoms with Crippen molar-refractivity contribution in [2.45, 2.75) is 12.8 Å². The average Bonchev–Trinajstić information content (AvgIpc) is 2.83. The molecule has 0 aromatic heterocycles. The molecule has 0 N–H and O–H groups in total. The van der Waals surface area contributed by atoms with Crippen LogP contribution in [0.3, 0.4) is 0 Å². The third kappa shape index (κ3) is 6.58. The van der Waals surface area contributed by atoms with Gasteiger partial charge in [-0.2, -0.15) is 13.2 Å². The van der Waals surface area contributed by atoms with Crippen LogP contribution in [0.25, 0.3) is 0 Å². The molecule has 6 nitrogen and oxygen atoms in total. The SMILES string of the molecule is CON=C(C(=O)OC)c1ccccc1COc1cc(Cl)c(Oc2ccc(C(F)(F)F)cc2)c(Cl)c1. The number of alkyl halides is 3. The number of nitrogens with zero attached hydrogens (tertiary/aromatic N) is 1. The minimum absolute atomic E-state index is 0.0155. The number of benzene rings is 3. The third-order valence-corrected chi connectivity index (χ3v) is 5.16. The van der Waals surface area contributed by atoms with Crippen molar-refractivity contribution < 1.29 is 37.0 Å². The molecule has 0 aliphatic rings. The fraction of sp³-hybridized carbons (Fsp3) is 0.167. The molecule has 11 heteroatoms. The highest BCUT2D eigenvalue weighted by molar-refractivity contribution is 6.43. The molecule has 0 heterocycles. The molecule has 0 aliphatic carbocycles. The Morgan fingerprint density at radius 2 is 1.57 bits per heavy atom. The molecule has 0 atom stereocenters. The molecule has 3 aromatic carbocycles. The lowest BCUT2D eigenvalue weighted by Crippen LogP contribution is -2.19. The van der Waals surface area contributed by atoms with Gasteiger partial charge in [0.25, 0.3) is 0 Å². The summed E-state index contributed by atoms with van der Waals surface area (Å²) < 4.78 is 54.4. The van der Waals surface area contributed by atoms with Gasteiger partial charge in [0.05, 0.1) is 22.7 Å². The zero-order chi connectivity index (χ0) is 25.6. The quantitative estimate of drug-likeness (QED) is 0.181. The van der Waals surface area contributed by atoms with Crippen LogP contribution in [0.4, 0.5) is 13.2 Å². The summed E-state index contributed by atoms with van der Waals surface area (Å²) in [4.78, 5) is 16.9. The maximum absolute atomic E-state index is 12.7. The summed E-state index contributed by atoms with van der Waals surface area (Å²) in [7, 11) is 2.53. The van der Waals surface area contributed by atoms with Crippen molar-refractivity contribution in [3.05, 3.63) is 87.4 Å². The van der Waals surface area contributed by atoms with Gasteiger partial charge < -0.3 is 19.0 Å². The lowest BCUT2D eigenvalue weighted by molar-refractivity contribution is -0.137. The maximum atomic E-state index is 12.7. The molecule has 3 rings (SSSR count). The van der Waals surface area contributed by atoms with E-state index in [1.54, 1.807) is 24.3 Å². The van der Waals surface area contributed by atoms with Crippen molar-refractivity contribution >= 4 is 34.9 Å². The molecule has 0 unspecified atom stereocenters. The first-order chi connectivity index (χ1) is 16.6. The van der Waals surface area contributed by atoms with Crippen molar-refractivity contribution in [2.24, 2.45) is 5.16 Å². The van der Waals surface area contributed by atoms with Crippen LogP contribution in [0.5, 0.6) is 17.2 Å². The molecule has 35 heavy (non-hydrogen) atoms. The van der Waals surface area contributed by atoms with Crippen LogP contribution in [-0.2, 0) is 27.2 Å². The van der Waals surface area contributed by atoms with Gasteiger partial charge in [-0.15, -0.1) is 0 Å². The van der Waals surface area contributed by atoms with E-state index in [0.29, 0.717) is 11.1 Å². The van der Waals surface area contributed by atoms with Crippen molar-refractivity contribution in [1.82, 2.24) is 0 Å². The van der Waals surface area contributed by atoms with Crippen LogP contribution in [0.1, 0.15) is 16.7 Å². The second kappa shape index (κ2) is 11.3. The largest absolute Gasteiger partial charge is 0.489 e. The highest BCUT2D eigenvalue weighted by atomic mass is 35.5. The van der Waals surface area contributed by atoms with Gasteiger partial charge in [0.1, 0.15) is 25.2 Å². The fourth-order valence-electron chi connectivity index (χ4n) is 2.97. The zero-order valence-electron chi connectivity index (χ0n) is 18.4. The number of halogens is 5. The van der Waals surface area contributed by atoms with Crippen LogP contribution >= 0.6 is 23.2 Å². The smallest absolute Gasteiger partial charge is 0.416 e. The van der Waals surface area contributed by atoms with Crippen molar-refractivity contribution in [2.75, 3.05) is 14.2 Å². The molecule has 0 saturated heterocycles. The Hall–Kier alpha value is -3.43. The minimum atomic E-state index is -4.46. The Bertz CT molecular complexity index is 1210. The van der Waals surface area contributed by atoms with Gasteiger partial charge in [-0.1, -0.05) is 52.6 Å². The van der Waals surface area contributed by atoms with Gasteiger partial charge in [0.15, 0.2) is 11.5 Å². The number of oxime groups is 1. The number of hydrogen-bond donors (Lipinski definition) is 0. The zero-order valence-corrected chi connectivity index (χ0v) is 19.9. The summed E-state index contributed by atoms with van der Waals surface area (Å²) in [6.07, 6.45) is -4.46. The first-order valence-electron chi connectivity index (χ1n) is 9.88. The molecule has 0 saturated carbocycles. The molecular weight excluding hydrogens is 510 g/mol. The summed E-state index contributed by atoms with van der Waals surface area (Å²) in [5.74, 6) is -0.216. The van der Waals surface area contributed by atoms with Crippen LogP contribution in [0, 0.1) is 0 Å². The Morgan fingerprint density at radius 3 is 2.14 bits per heavy atom. The number of hydrogen-bond acceptors (Lipinski definition) is 6. The lowest BCUT2D eigenvalue weighted by atomic mass is 10.0. The van der Waals surface area contributed by atoms with E-state index in [9.17, 15) is 18.0 Å². The first kappa shape index (κ1) is 26.2. The molecule has 0 aliphatic heterocycles. The van der Waals surface area contributed by atoms with E-state index >= 15 is 0 Å². The second-order valence-electron chi connectivity index (χ2n) is 6.90. The highest BCUT2D eigenvalue weighted by Crippen LogP contribution is 2.40.